The molecule has 0 spiro atoms. The van der Waals surface area contributed by atoms with Crippen LogP contribution in [0.5, 0.6) is 0 Å². The van der Waals surface area contributed by atoms with Crippen LogP contribution in [0.25, 0.3) is 5.52 Å². The van der Waals surface area contributed by atoms with E-state index >= 15 is 0 Å². The molecule has 1 saturated heterocycles. The van der Waals surface area contributed by atoms with Crippen LogP contribution >= 0.6 is 15.9 Å². The number of aromatic nitrogens is 3. The molecular weight excluding hydrogens is 406 g/mol. The molecule has 1 aliphatic heterocycles. The Labute approximate surface area is 167 Å². The minimum Gasteiger partial charge on any atom is -0.379 e. The van der Waals surface area contributed by atoms with E-state index in [1.54, 1.807) is 6.33 Å². The Bertz CT molecular complexity index is 920. The highest BCUT2D eigenvalue weighted by Crippen LogP contribution is 2.27. The lowest BCUT2D eigenvalue weighted by Gasteiger charge is -2.26. The maximum absolute atomic E-state index is 5.42. The molecule has 7 heteroatoms. The van der Waals surface area contributed by atoms with Gasteiger partial charge in [0.1, 0.15) is 11.8 Å². The smallest absolute Gasteiger partial charge is 0.158 e. The second-order valence-corrected chi connectivity index (χ2v) is 7.79. The van der Waals surface area contributed by atoms with Crippen LogP contribution in [-0.2, 0) is 11.2 Å². The van der Waals surface area contributed by atoms with Crippen LogP contribution in [0.15, 0.2) is 41.3 Å². The first-order valence-electron chi connectivity index (χ1n) is 9.35. The van der Waals surface area contributed by atoms with E-state index < -0.39 is 0 Å². The highest BCUT2D eigenvalue weighted by molar-refractivity contribution is 9.10. The molecule has 1 N–H and O–H groups in total. The first-order valence-corrected chi connectivity index (χ1v) is 10.1. The lowest BCUT2D eigenvalue weighted by atomic mass is 10.1. The number of halogens is 1. The highest BCUT2D eigenvalue weighted by Gasteiger charge is 2.14. The second kappa shape index (κ2) is 8.37. The van der Waals surface area contributed by atoms with Gasteiger partial charge in [0, 0.05) is 29.4 Å². The van der Waals surface area contributed by atoms with Gasteiger partial charge in [0.25, 0.3) is 0 Å². The molecule has 0 radical (unpaired) electrons. The lowest BCUT2D eigenvalue weighted by Crippen LogP contribution is -2.36. The van der Waals surface area contributed by atoms with Crippen molar-refractivity contribution in [1.29, 1.82) is 0 Å². The van der Waals surface area contributed by atoms with Gasteiger partial charge in [-0.15, -0.1) is 0 Å². The molecule has 1 fully saturated rings. The first-order chi connectivity index (χ1) is 13.2. The maximum Gasteiger partial charge on any atom is 0.158 e. The molecule has 4 rings (SSSR count). The highest BCUT2D eigenvalue weighted by atomic mass is 79.9. The van der Waals surface area contributed by atoms with Crippen LogP contribution in [0.2, 0.25) is 0 Å². The minimum absolute atomic E-state index is 0.833. The molecule has 2 aromatic heterocycles. The molecule has 0 unspecified atom stereocenters. The molecule has 142 valence electrons. The summed E-state index contributed by atoms with van der Waals surface area (Å²) in [5.41, 5.74) is 4.62. The Kier molecular flexibility index (Phi) is 5.71. The van der Waals surface area contributed by atoms with Crippen LogP contribution in [-0.4, -0.2) is 52.3 Å². The summed E-state index contributed by atoms with van der Waals surface area (Å²) >= 11 is 3.52. The Morgan fingerprint density at radius 2 is 2.11 bits per heavy atom. The van der Waals surface area contributed by atoms with Gasteiger partial charge in [0.2, 0.25) is 0 Å². The normalized spacial score (nSPS) is 15.3. The number of fused-ring (bicyclic) bond motifs is 1. The van der Waals surface area contributed by atoms with Crippen LogP contribution < -0.4 is 5.32 Å². The van der Waals surface area contributed by atoms with Gasteiger partial charge in [-0.2, -0.15) is 5.10 Å². The third-order valence-corrected chi connectivity index (χ3v) is 5.54. The zero-order valence-corrected chi connectivity index (χ0v) is 17.1. The van der Waals surface area contributed by atoms with E-state index in [-0.39, 0.29) is 0 Å². The Hall–Kier alpha value is -1.96. The molecule has 0 aliphatic carbocycles. The van der Waals surface area contributed by atoms with Crippen molar-refractivity contribution in [2.45, 2.75) is 19.8 Å². The minimum atomic E-state index is 0.833. The zero-order chi connectivity index (χ0) is 18.6. The average Bonchev–Trinajstić information content (AvgIpc) is 3.00. The molecule has 0 atom stereocenters. The third kappa shape index (κ3) is 4.31. The summed E-state index contributed by atoms with van der Waals surface area (Å²) in [5, 5.41) is 7.84. The molecule has 0 bridgehead atoms. The van der Waals surface area contributed by atoms with Crippen molar-refractivity contribution in [3.63, 3.8) is 0 Å². The van der Waals surface area contributed by atoms with E-state index in [1.165, 1.54) is 11.1 Å². The number of hydrogen-bond donors (Lipinski definition) is 1. The molecule has 27 heavy (non-hydrogen) atoms. The molecule has 1 aliphatic rings. The van der Waals surface area contributed by atoms with E-state index in [2.05, 4.69) is 49.3 Å². The van der Waals surface area contributed by atoms with Crippen LogP contribution in [0.4, 0.5) is 11.5 Å². The van der Waals surface area contributed by atoms with Crippen molar-refractivity contribution < 1.29 is 4.74 Å². The maximum atomic E-state index is 5.42. The number of anilines is 2. The standard InChI is InChI=1S/C20H24BrN5O/c1-15-16(4-3-7-25-8-10-27-11-9-25)13-26-19(15)20(22-14-23-26)24-18-6-2-5-17(21)12-18/h2,5-6,12-14H,3-4,7-11H2,1H3,(H,22,23,24). The Morgan fingerprint density at radius 1 is 1.26 bits per heavy atom. The average molecular weight is 430 g/mol. The number of nitrogens with one attached hydrogen (secondary N) is 1. The van der Waals surface area contributed by atoms with E-state index in [1.807, 2.05) is 28.8 Å². The predicted octanol–water partition coefficient (Wildman–Crippen LogP) is 3.81. The van der Waals surface area contributed by atoms with Crippen LogP contribution in [0.1, 0.15) is 17.5 Å². The summed E-state index contributed by atoms with van der Waals surface area (Å²) in [6, 6.07) is 8.09. The number of ether oxygens (including phenoxy) is 1. The summed E-state index contributed by atoms with van der Waals surface area (Å²) in [6.07, 6.45) is 5.92. The number of morpholine rings is 1. The third-order valence-electron chi connectivity index (χ3n) is 5.04. The summed E-state index contributed by atoms with van der Waals surface area (Å²) < 4.78 is 8.40. The van der Waals surface area contributed by atoms with Gasteiger partial charge in [-0.1, -0.05) is 22.0 Å². The van der Waals surface area contributed by atoms with Gasteiger partial charge in [-0.25, -0.2) is 9.50 Å². The van der Waals surface area contributed by atoms with Crippen molar-refractivity contribution in [1.82, 2.24) is 19.5 Å². The second-order valence-electron chi connectivity index (χ2n) is 6.87. The summed E-state index contributed by atoms with van der Waals surface area (Å²) in [7, 11) is 0. The number of hydrogen-bond acceptors (Lipinski definition) is 5. The van der Waals surface area contributed by atoms with Gasteiger partial charge in [-0.3, -0.25) is 4.90 Å². The number of benzene rings is 1. The fraction of sp³-hybridized carbons (Fsp3) is 0.400. The Balaban J connectivity index is 1.51. The van der Waals surface area contributed by atoms with Gasteiger partial charge >= 0.3 is 0 Å². The van der Waals surface area contributed by atoms with Crippen LogP contribution in [0, 0.1) is 6.92 Å². The Morgan fingerprint density at radius 3 is 2.93 bits per heavy atom. The lowest BCUT2D eigenvalue weighted by molar-refractivity contribution is 0.0374. The van der Waals surface area contributed by atoms with E-state index in [9.17, 15) is 0 Å². The largest absolute Gasteiger partial charge is 0.379 e. The molecular formula is C20H24BrN5O. The molecule has 0 saturated carbocycles. The molecule has 1 aromatic carbocycles. The summed E-state index contributed by atoms with van der Waals surface area (Å²) in [4.78, 5) is 6.96. The first kappa shape index (κ1) is 18.4. The van der Waals surface area contributed by atoms with Gasteiger partial charge in [0.15, 0.2) is 5.82 Å². The number of nitrogens with zero attached hydrogens (tertiary/aromatic N) is 4. The predicted molar refractivity (Wildman–Crippen MR) is 111 cm³/mol. The number of rotatable bonds is 6. The van der Waals surface area contributed by atoms with Crippen molar-refractivity contribution >= 4 is 33.0 Å². The van der Waals surface area contributed by atoms with E-state index in [0.29, 0.717) is 0 Å². The van der Waals surface area contributed by atoms with Gasteiger partial charge in [-0.05, 0) is 55.6 Å². The van der Waals surface area contributed by atoms with Crippen LogP contribution in [0.3, 0.4) is 0 Å². The van der Waals surface area contributed by atoms with Crippen molar-refractivity contribution in [2.24, 2.45) is 0 Å². The zero-order valence-electron chi connectivity index (χ0n) is 15.5. The molecule has 3 aromatic rings. The summed E-state index contributed by atoms with van der Waals surface area (Å²) in [5.74, 6) is 0.833. The van der Waals surface area contributed by atoms with Crippen molar-refractivity contribution in [3.8, 4) is 0 Å². The number of aryl methyl sites for hydroxylation is 2. The van der Waals surface area contributed by atoms with E-state index in [4.69, 9.17) is 4.74 Å². The van der Waals surface area contributed by atoms with E-state index in [0.717, 1.165) is 67.2 Å². The summed E-state index contributed by atoms with van der Waals surface area (Å²) in [6.45, 7) is 7.08. The van der Waals surface area contributed by atoms with Crippen molar-refractivity contribution in [3.05, 3.63) is 52.4 Å². The van der Waals surface area contributed by atoms with Gasteiger partial charge in [0.05, 0.1) is 13.2 Å². The topological polar surface area (TPSA) is 54.7 Å². The SMILES string of the molecule is Cc1c(CCCN2CCOCC2)cn2ncnc(Nc3cccc(Br)c3)c12. The fourth-order valence-electron chi connectivity index (χ4n) is 3.57. The van der Waals surface area contributed by atoms with Gasteiger partial charge < -0.3 is 10.1 Å². The molecule has 0 amide bonds. The molecule has 3 heterocycles. The quantitative estimate of drug-likeness (QED) is 0.645. The van der Waals surface area contributed by atoms with Crippen molar-refractivity contribution in [2.75, 3.05) is 38.2 Å². The monoisotopic (exact) mass is 429 g/mol. The molecule has 6 nitrogen and oxygen atoms in total. The fourth-order valence-corrected chi connectivity index (χ4v) is 3.97.